The van der Waals surface area contributed by atoms with Gasteiger partial charge in [0.05, 0.1) is 12.2 Å². The van der Waals surface area contributed by atoms with Crippen molar-refractivity contribution in [3.63, 3.8) is 0 Å². The molecule has 0 spiro atoms. The summed E-state index contributed by atoms with van der Waals surface area (Å²) < 4.78 is 43.5. The third-order valence-corrected chi connectivity index (χ3v) is 2.99. The molecule has 1 fully saturated rings. The summed E-state index contributed by atoms with van der Waals surface area (Å²) in [7, 11) is 0. The van der Waals surface area contributed by atoms with E-state index in [-0.39, 0.29) is 11.5 Å². The van der Waals surface area contributed by atoms with Gasteiger partial charge in [0.2, 0.25) is 0 Å². The van der Waals surface area contributed by atoms with Crippen LogP contribution in [0.5, 0.6) is 0 Å². The molecular formula is C11H13F3N2O. The maximum atomic E-state index is 12.8. The molecule has 17 heavy (non-hydrogen) atoms. The Kier molecular flexibility index (Phi) is 3.35. The van der Waals surface area contributed by atoms with Crippen LogP contribution in [0, 0.1) is 5.92 Å². The maximum Gasteiger partial charge on any atom is 0.416 e. The number of halogens is 3. The van der Waals surface area contributed by atoms with Crippen LogP contribution in [-0.2, 0) is 10.9 Å². The fourth-order valence-electron chi connectivity index (χ4n) is 2.02. The van der Waals surface area contributed by atoms with Crippen molar-refractivity contribution in [2.24, 2.45) is 11.7 Å². The molecule has 2 N–H and O–H groups in total. The molecule has 0 radical (unpaired) electrons. The van der Waals surface area contributed by atoms with Gasteiger partial charge < -0.3 is 10.5 Å². The topological polar surface area (TPSA) is 48.1 Å². The highest BCUT2D eigenvalue weighted by Gasteiger charge is 2.36. The lowest BCUT2D eigenvalue weighted by Gasteiger charge is -2.21. The Morgan fingerprint density at radius 3 is 2.82 bits per heavy atom. The van der Waals surface area contributed by atoms with E-state index in [1.54, 1.807) is 0 Å². The summed E-state index contributed by atoms with van der Waals surface area (Å²) in [4.78, 5) is 3.73. The number of aromatic nitrogens is 1. The quantitative estimate of drug-likeness (QED) is 0.869. The monoisotopic (exact) mass is 246 g/mol. The summed E-state index contributed by atoms with van der Waals surface area (Å²) >= 11 is 0. The van der Waals surface area contributed by atoms with Gasteiger partial charge in [0.1, 0.15) is 0 Å². The predicted molar refractivity (Wildman–Crippen MR) is 55.1 cm³/mol. The maximum absolute atomic E-state index is 12.8. The minimum absolute atomic E-state index is 0.0514. The molecule has 2 atom stereocenters. The molecule has 2 unspecified atom stereocenters. The molecule has 6 heteroatoms. The van der Waals surface area contributed by atoms with Crippen molar-refractivity contribution in [3.05, 3.63) is 29.6 Å². The van der Waals surface area contributed by atoms with Crippen LogP contribution < -0.4 is 5.73 Å². The minimum atomic E-state index is -4.39. The molecule has 1 aliphatic heterocycles. The number of hydrogen-bond donors (Lipinski definition) is 1. The van der Waals surface area contributed by atoms with Crippen molar-refractivity contribution in [1.29, 1.82) is 0 Å². The first kappa shape index (κ1) is 12.3. The van der Waals surface area contributed by atoms with Gasteiger partial charge in [0.25, 0.3) is 0 Å². The predicted octanol–water partition coefficient (Wildman–Crippen LogP) is 2.14. The first-order valence-electron chi connectivity index (χ1n) is 5.34. The van der Waals surface area contributed by atoms with Crippen LogP contribution in [0.2, 0.25) is 0 Å². The second-order valence-electron chi connectivity index (χ2n) is 4.11. The first-order valence-corrected chi connectivity index (χ1v) is 5.34. The van der Waals surface area contributed by atoms with E-state index in [0.29, 0.717) is 19.6 Å². The SMILES string of the molecule is NC(c1cnccc1C(F)(F)F)C1CCOC1. The number of nitrogens with zero attached hydrogens (tertiary/aromatic N) is 1. The Bertz CT molecular complexity index is 389. The number of nitrogens with two attached hydrogens (primary N) is 1. The van der Waals surface area contributed by atoms with Crippen molar-refractivity contribution >= 4 is 0 Å². The highest BCUT2D eigenvalue weighted by molar-refractivity contribution is 5.29. The van der Waals surface area contributed by atoms with Crippen LogP contribution in [-0.4, -0.2) is 18.2 Å². The Balaban J connectivity index is 2.31. The molecule has 2 heterocycles. The first-order chi connectivity index (χ1) is 8.00. The van der Waals surface area contributed by atoms with Crippen molar-refractivity contribution in [1.82, 2.24) is 4.98 Å². The lowest BCUT2D eigenvalue weighted by atomic mass is 9.91. The van der Waals surface area contributed by atoms with Gasteiger partial charge in [0.15, 0.2) is 0 Å². The van der Waals surface area contributed by atoms with Crippen LogP contribution in [0.15, 0.2) is 18.5 Å². The normalized spacial score (nSPS) is 22.7. The molecule has 0 amide bonds. The molecule has 2 rings (SSSR count). The minimum Gasteiger partial charge on any atom is -0.381 e. The van der Waals surface area contributed by atoms with E-state index in [9.17, 15) is 13.2 Å². The molecule has 1 saturated heterocycles. The molecule has 1 aromatic rings. The molecule has 3 nitrogen and oxygen atoms in total. The Morgan fingerprint density at radius 1 is 1.47 bits per heavy atom. The lowest BCUT2D eigenvalue weighted by molar-refractivity contribution is -0.138. The van der Waals surface area contributed by atoms with E-state index in [0.717, 1.165) is 12.3 Å². The van der Waals surface area contributed by atoms with Gasteiger partial charge in [-0.25, -0.2) is 0 Å². The molecular weight excluding hydrogens is 233 g/mol. The van der Waals surface area contributed by atoms with E-state index >= 15 is 0 Å². The Morgan fingerprint density at radius 2 is 2.24 bits per heavy atom. The zero-order valence-corrected chi connectivity index (χ0v) is 9.07. The fraction of sp³-hybridized carbons (Fsp3) is 0.545. The van der Waals surface area contributed by atoms with E-state index in [2.05, 4.69) is 4.98 Å². The van der Waals surface area contributed by atoms with E-state index < -0.39 is 17.8 Å². The van der Waals surface area contributed by atoms with Crippen molar-refractivity contribution in [3.8, 4) is 0 Å². The molecule has 1 aliphatic rings. The number of pyridine rings is 1. The fourth-order valence-corrected chi connectivity index (χ4v) is 2.02. The van der Waals surface area contributed by atoms with Gasteiger partial charge in [-0.15, -0.1) is 0 Å². The summed E-state index contributed by atoms with van der Waals surface area (Å²) in [5.74, 6) is -0.0692. The zero-order valence-electron chi connectivity index (χ0n) is 9.07. The van der Waals surface area contributed by atoms with E-state index in [1.807, 2.05) is 0 Å². The largest absolute Gasteiger partial charge is 0.416 e. The number of alkyl halides is 3. The molecule has 94 valence electrons. The Hall–Kier alpha value is -1.14. The van der Waals surface area contributed by atoms with Gasteiger partial charge in [-0.3, -0.25) is 4.98 Å². The van der Waals surface area contributed by atoms with Gasteiger partial charge >= 0.3 is 6.18 Å². The Labute approximate surface area is 96.8 Å². The number of ether oxygens (including phenoxy) is 1. The van der Waals surface area contributed by atoms with Gasteiger partial charge in [-0.05, 0) is 18.1 Å². The van der Waals surface area contributed by atoms with E-state index in [4.69, 9.17) is 10.5 Å². The standard InChI is InChI=1S/C11H13F3N2O/c12-11(13,14)9-1-3-16-5-8(9)10(15)7-2-4-17-6-7/h1,3,5,7,10H,2,4,6,15H2. The molecule has 0 saturated carbocycles. The summed E-state index contributed by atoms with van der Waals surface area (Å²) in [6.45, 7) is 0.966. The summed E-state index contributed by atoms with van der Waals surface area (Å²) in [5, 5.41) is 0. The van der Waals surface area contributed by atoms with Crippen molar-refractivity contribution < 1.29 is 17.9 Å². The molecule has 0 aromatic carbocycles. The number of rotatable bonds is 2. The third kappa shape index (κ3) is 2.58. The van der Waals surface area contributed by atoms with E-state index in [1.165, 1.54) is 6.20 Å². The van der Waals surface area contributed by atoms with Crippen LogP contribution >= 0.6 is 0 Å². The highest BCUT2D eigenvalue weighted by Crippen LogP contribution is 2.36. The smallest absolute Gasteiger partial charge is 0.381 e. The second-order valence-corrected chi connectivity index (χ2v) is 4.11. The molecule has 0 aliphatic carbocycles. The zero-order chi connectivity index (χ0) is 12.5. The van der Waals surface area contributed by atoms with Crippen LogP contribution in [0.3, 0.4) is 0 Å². The summed E-state index contributed by atoms with van der Waals surface area (Å²) in [6, 6.07) is 0.285. The summed E-state index contributed by atoms with van der Waals surface area (Å²) in [5.41, 5.74) is 5.23. The van der Waals surface area contributed by atoms with Crippen LogP contribution in [0.25, 0.3) is 0 Å². The van der Waals surface area contributed by atoms with Gasteiger partial charge in [-0.1, -0.05) is 0 Å². The molecule has 0 bridgehead atoms. The lowest BCUT2D eigenvalue weighted by Crippen LogP contribution is -2.25. The highest BCUT2D eigenvalue weighted by atomic mass is 19.4. The second kappa shape index (κ2) is 4.62. The van der Waals surface area contributed by atoms with Crippen LogP contribution in [0.4, 0.5) is 13.2 Å². The average molecular weight is 246 g/mol. The summed E-state index contributed by atoms with van der Waals surface area (Å²) in [6.07, 6.45) is -1.38. The average Bonchev–Trinajstić information content (AvgIpc) is 2.80. The van der Waals surface area contributed by atoms with Crippen molar-refractivity contribution in [2.75, 3.05) is 13.2 Å². The van der Waals surface area contributed by atoms with Gasteiger partial charge in [-0.2, -0.15) is 13.2 Å². The number of hydrogen-bond acceptors (Lipinski definition) is 3. The molecule has 1 aromatic heterocycles. The van der Waals surface area contributed by atoms with Gasteiger partial charge in [0, 0.05) is 31.0 Å². The van der Waals surface area contributed by atoms with Crippen LogP contribution in [0.1, 0.15) is 23.6 Å². The van der Waals surface area contributed by atoms with Crippen molar-refractivity contribution in [2.45, 2.75) is 18.6 Å². The third-order valence-electron chi connectivity index (χ3n) is 2.99.